The van der Waals surface area contributed by atoms with Crippen molar-refractivity contribution in [3.05, 3.63) is 40.9 Å². The van der Waals surface area contributed by atoms with Crippen molar-refractivity contribution in [1.29, 1.82) is 0 Å². The van der Waals surface area contributed by atoms with Gasteiger partial charge < -0.3 is 10.1 Å². The molecule has 6 heteroatoms. The van der Waals surface area contributed by atoms with E-state index in [1.54, 1.807) is 19.2 Å². The molecule has 0 aliphatic heterocycles. The molecule has 0 amide bonds. The summed E-state index contributed by atoms with van der Waals surface area (Å²) in [5.74, 6) is 0.938. The number of aromatic nitrogens is 2. The summed E-state index contributed by atoms with van der Waals surface area (Å²) in [5.41, 5.74) is 0. The van der Waals surface area contributed by atoms with Gasteiger partial charge in [-0.25, -0.2) is 9.37 Å². The van der Waals surface area contributed by atoms with Crippen LogP contribution in [0.15, 0.2) is 24.3 Å². The largest absolute Gasteiger partial charge is 0.436 e. The van der Waals surface area contributed by atoms with Crippen LogP contribution < -0.4 is 10.1 Å². The van der Waals surface area contributed by atoms with Gasteiger partial charge in [-0.2, -0.15) is 4.98 Å². The van der Waals surface area contributed by atoms with E-state index in [1.165, 1.54) is 12.1 Å². The highest BCUT2D eigenvalue weighted by Gasteiger charge is 2.10. The molecule has 0 aliphatic rings. The lowest BCUT2D eigenvalue weighted by Crippen LogP contribution is -2.01. The Morgan fingerprint density at radius 1 is 1.37 bits per heavy atom. The molecule has 0 unspecified atom stereocenters. The molecule has 0 atom stereocenters. The van der Waals surface area contributed by atoms with Gasteiger partial charge in [0.2, 0.25) is 5.88 Å². The van der Waals surface area contributed by atoms with Gasteiger partial charge in [0.1, 0.15) is 11.6 Å². The molecule has 0 aliphatic carbocycles. The van der Waals surface area contributed by atoms with Crippen LogP contribution in [0.1, 0.15) is 12.7 Å². The molecular formula is C13H13ClFN3O. The number of rotatable bonds is 4. The first-order chi connectivity index (χ1) is 9.13. The van der Waals surface area contributed by atoms with Crippen molar-refractivity contribution in [3.8, 4) is 11.6 Å². The monoisotopic (exact) mass is 281 g/mol. The third kappa shape index (κ3) is 3.12. The van der Waals surface area contributed by atoms with E-state index in [-0.39, 0.29) is 16.7 Å². The number of hydrogen-bond acceptors (Lipinski definition) is 4. The Kier molecular flexibility index (Phi) is 4.16. The number of halogens is 2. The van der Waals surface area contributed by atoms with Crippen LogP contribution in [0.4, 0.5) is 10.2 Å². The van der Waals surface area contributed by atoms with Crippen molar-refractivity contribution >= 4 is 17.4 Å². The zero-order valence-electron chi connectivity index (χ0n) is 10.6. The van der Waals surface area contributed by atoms with E-state index in [0.717, 1.165) is 0 Å². The molecule has 2 aromatic rings. The maximum absolute atomic E-state index is 13.7. The summed E-state index contributed by atoms with van der Waals surface area (Å²) in [6.07, 6.45) is 0.657. The number of anilines is 1. The van der Waals surface area contributed by atoms with E-state index in [2.05, 4.69) is 15.3 Å². The molecular weight excluding hydrogens is 269 g/mol. The van der Waals surface area contributed by atoms with E-state index < -0.39 is 5.82 Å². The van der Waals surface area contributed by atoms with Crippen molar-refractivity contribution < 1.29 is 9.13 Å². The highest BCUT2D eigenvalue weighted by Crippen LogP contribution is 2.28. The van der Waals surface area contributed by atoms with Crippen LogP contribution >= 0.6 is 11.6 Å². The molecule has 1 heterocycles. The minimum absolute atomic E-state index is 0.0103. The Morgan fingerprint density at radius 3 is 2.84 bits per heavy atom. The number of ether oxygens (including phenoxy) is 1. The quantitative estimate of drug-likeness (QED) is 0.929. The Bertz CT molecular complexity index is 570. The summed E-state index contributed by atoms with van der Waals surface area (Å²) in [4.78, 5) is 8.41. The lowest BCUT2D eigenvalue weighted by molar-refractivity contribution is 0.425. The molecule has 0 saturated heterocycles. The second kappa shape index (κ2) is 5.84. The predicted octanol–water partition coefficient (Wildman–Crippen LogP) is 3.67. The van der Waals surface area contributed by atoms with Gasteiger partial charge in [0.05, 0.1) is 5.02 Å². The summed E-state index contributed by atoms with van der Waals surface area (Å²) in [5, 5.41) is 2.91. The summed E-state index contributed by atoms with van der Waals surface area (Å²) in [7, 11) is 1.74. The van der Waals surface area contributed by atoms with Crippen molar-refractivity contribution in [1.82, 2.24) is 9.97 Å². The smallest absolute Gasteiger partial charge is 0.224 e. The molecule has 0 fully saturated rings. The van der Waals surface area contributed by atoms with Gasteiger partial charge in [0, 0.05) is 19.5 Å². The average molecular weight is 282 g/mol. The highest BCUT2D eigenvalue weighted by molar-refractivity contribution is 6.30. The molecule has 19 heavy (non-hydrogen) atoms. The van der Waals surface area contributed by atoms with Gasteiger partial charge in [-0.1, -0.05) is 24.6 Å². The van der Waals surface area contributed by atoms with Crippen LogP contribution in [-0.4, -0.2) is 17.0 Å². The van der Waals surface area contributed by atoms with Crippen LogP contribution in [0.5, 0.6) is 11.6 Å². The topological polar surface area (TPSA) is 47.0 Å². The Hall–Kier alpha value is -1.88. The van der Waals surface area contributed by atoms with E-state index in [4.69, 9.17) is 16.3 Å². The molecule has 0 saturated carbocycles. The zero-order valence-corrected chi connectivity index (χ0v) is 11.3. The molecule has 1 aromatic heterocycles. The van der Waals surface area contributed by atoms with Gasteiger partial charge in [0.15, 0.2) is 11.6 Å². The van der Waals surface area contributed by atoms with Crippen LogP contribution in [0.25, 0.3) is 0 Å². The zero-order chi connectivity index (χ0) is 13.8. The SMILES string of the molecule is CCc1nc(NC)cc(Oc2cccc(Cl)c2F)n1. The van der Waals surface area contributed by atoms with Crippen molar-refractivity contribution in [2.24, 2.45) is 0 Å². The summed E-state index contributed by atoms with van der Waals surface area (Å²) < 4.78 is 19.2. The fourth-order valence-electron chi connectivity index (χ4n) is 1.49. The molecule has 0 radical (unpaired) electrons. The first kappa shape index (κ1) is 13.5. The molecule has 100 valence electrons. The second-order valence-corrected chi connectivity index (χ2v) is 4.17. The number of benzene rings is 1. The normalized spacial score (nSPS) is 10.3. The molecule has 0 spiro atoms. The summed E-state index contributed by atoms with van der Waals surface area (Å²) >= 11 is 5.70. The van der Waals surface area contributed by atoms with Gasteiger partial charge in [-0.15, -0.1) is 0 Å². The van der Waals surface area contributed by atoms with Gasteiger partial charge in [-0.3, -0.25) is 0 Å². The fraction of sp³-hybridized carbons (Fsp3) is 0.231. The minimum atomic E-state index is -0.605. The van der Waals surface area contributed by atoms with Gasteiger partial charge in [0.25, 0.3) is 0 Å². The average Bonchev–Trinajstić information content (AvgIpc) is 2.43. The molecule has 4 nitrogen and oxygen atoms in total. The Morgan fingerprint density at radius 2 is 2.16 bits per heavy atom. The highest BCUT2D eigenvalue weighted by atomic mass is 35.5. The number of aryl methyl sites for hydroxylation is 1. The van der Waals surface area contributed by atoms with Crippen molar-refractivity contribution in [2.75, 3.05) is 12.4 Å². The van der Waals surface area contributed by atoms with Crippen LogP contribution in [0.2, 0.25) is 5.02 Å². The first-order valence-corrected chi connectivity index (χ1v) is 6.19. The Balaban J connectivity index is 2.34. The van der Waals surface area contributed by atoms with Crippen LogP contribution in [-0.2, 0) is 6.42 Å². The molecule has 1 aromatic carbocycles. The number of nitrogens with one attached hydrogen (secondary N) is 1. The molecule has 1 N–H and O–H groups in total. The third-order valence-electron chi connectivity index (χ3n) is 2.45. The van der Waals surface area contributed by atoms with E-state index in [1.807, 2.05) is 6.92 Å². The maximum atomic E-state index is 13.7. The Labute approximate surface area is 115 Å². The van der Waals surface area contributed by atoms with E-state index in [9.17, 15) is 4.39 Å². The standard InChI is InChI=1S/C13H13ClFN3O/c1-3-10-17-11(16-2)7-12(18-10)19-9-6-4-5-8(14)13(9)15/h4-7H,3H2,1-2H3,(H,16,17,18). The fourth-order valence-corrected chi connectivity index (χ4v) is 1.65. The van der Waals surface area contributed by atoms with E-state index >= 15 is 0 Å². The van der Waals surface area contributed by atoms with Crippen molar-refractivity contribution in [3.63, 3.8) is 0 Å². The van der Waals surface area contributed by atoms with Crippen LogP contribution in [0.3, 0.4) is 0 Å². The first-order valence-electron chi connectivity index (χ1n) is 5.81. The number of hydrogen-bond donors (Lipinski definition) is 1. The lowest BCUT2D eigenvalue weighted by atomic mass is 10.3. The third-order valence-corrected chi connectivity index (χ3v) is 2.74. The number of nitrogens with zero attached hydrogens (tertiary/aromatic N) is 2. The molecule has 0 bridgehead atoms. The maximum Gasteiger partial charge on any atom is 0.224 e. The molecule has 2 rings (SSSR count). The minimum Gasteiger partial charge on any atom is -0.436 e. The second-order valence-electron chi connectivity index (χ2n) is 3.77. The summed E-state index contributed by atoms with van der Waals surface area (Å²) in [6, 6.07) is 6.16. The van der Waals surface area contributed by atoms with Crippen molar-refractivity contribution in [2.45, 2.75) is 13.3 Å². The lowest BCUT2D eigenvalue weighted by Gasteiger charge is -2.09. The summed E-state index contributed by atoms with van der Waals surface area (Å²) in [6.45, 7) is 1.93. The van der Waals surface area contributed by atoms with E-state index in [0.29, 0.717) is 18.1 Å². The van der Waals surface area contributed by atoms with Gasteiger partial charge >= 0.3 is 0 Å². The van der Waals surface area contributed by atoms with Gasteiger partial charge in [-0.05, 0) is 12.1 Å². The van der Waals surface area contributed by atoms with Crippen LogP contribution in [0, 0.1) is 5.82 Å². The predicted molar refractivity (Wildman–Crippen MR) is 72.4 cm³/mol.